The Labute approximate surface area is 142 Å². The van der Waals surface area contributed by atoms with Crippen molar-refractivity contribution in [1.82, 2.24) is 4.90 Å². The topological polar surface area (TPSA) is 55.8 Å². The van der Waals surface area contributed by atoms with Crippen molar-refractivity contribution in [3.05, 3.63) is 35.4 Å². The molecule has 0 unspecified atom stereocenters. The summed E-state index contributed by atoms with van der Waals surface area (Å²) in [6.07, 6.45) is 0.343. The molecule has 0 aliphatic carbocycles. The van der Waals surface area contributed by atoms with Crippen LogP contribution in [0, 0.1) is 11.8 Å². The summed E-state index contributed by atoms with van der Waals surface area (Å²) in [5.74, 6) is 6.10. The maximum absolute atomic E-state index is 12.5. The zero-order chi connectivity index (χ0) is 18.0. The molecule has 1 fully saturated rings. The zero-order valence-electron chi connectivity index (χ0n) is 14.8. The molecule has 1 heterocycles. The molecule has 1 amide bonds. The lowest BCUT2D eigenvalue weighted by atomic mass is 10.1. The number of hydrogen-bond acceptors (Lipinski definition) is 4. The SMILES string of the molecule is CC(C)(C)OC(=O)N1[C@H](C#Cc2ccc(C=O)cc2)COC1(C)C. The van der Waals surface area contributed by atoms with Crippen LogP contribution in [0.5, 0.6) is 0 Å². The molecule has 128 valence electrons. The highest BCUT2D eigenvalue weighted by Crippen LogP contribution is 2.29. The minimum absolute atomic E-state index is 0.325. The molecule has 1 aromatic rings. The molecule has 1 aromatic carbocycles. The molecule has 1 aliphatic rings. The van der Waals surface area contributed by atoms with Crippen LogP contribution in [0.15, 0.2) is 24.3 Å². The van der Waals surface area contributed by atoms with Crippen LogP contribution in [-0.2, 0) is 9.47 Å². The summed E-state index contributed by atoms with van der Waals surface area (Å²) < 4.78 is 11.2. The maximum atomic E-state index is 12.5. The molecule has 0 spiro atoms. The van der Waals surface area contributed by atoms with E-state index in [0.29, 0.717) is 12.2 Å². The van der Waals surface area contributed by atoms with Crippen molar-refractivity contribution >= 4 is 12.4 Å². The third kappa shape index (κ3) is 4.36. The number of rotatable bonds is 1. The predicted molar refractivity (Wildman–Crippen MR) is 90.6 cm³/mol. The van der Waals surface area contributed by atoms with E-state index in [1.165, 1.54) is 4.90 Å². The van der Waals surface area contributed by atoms with Gasteiger partial charge in [-0.05, 0) is 46.8 Å². The lowest BCUT2D eigenvalue weighted by molar-refractivity contribution is -0.0608. The van der Waals surface area contributed by atoms with Crippen molar-refractivity contribution in [2.24, 2.45) is 0 Å². The molecule has 0 radical (unpaired) electrons. The van der Waals surface area contributed by atoms with E-state index in [1.807, 2.05) is 34.6 Å². The first-order valence-electron chi connectivity index (χ1n) is 7.85. The van der Waals surface area contributed by atoms with Crippen molar-refractivity contribution in [2.45, 2.75) is 52.0 Å². The second-order valence-electron chi connectivity index (χ2n) is 7.13. The van der Waals surface area contributed by atoms with Crippen molar-refractivity contribution in [3.8, 4) is 11.8 Å². The summed E-state index contributed by atoms with van der Waals surface area (Å²) in [5, 5.41) is 0. The van der Waals surface area contributed by atoms with E-state index in [2.05, 4.69) is 11.8 Å². The van der Waals surface area contributed by atoms with Crippen molar-refractivity contribution in [1.29, 1.82) is 0 Å². The number of amides is 1. The van der Waals surface area contributed by atoms with Gasteiger partial charge in [0, 0.05) is 11.1 Å². The highest BCUT2D eigenvalue weighted by molar-refractivity contribution is 5.75. The van der Waals surface area contributed by atoms with Gasteiger partial charge in [-0.1, -0.05) is 24.0 Å². The van der Waals surface area contributed by atoms with Crippen LogP contribution < -0.4 is 0 Å². The number of carbonyl (C=O) groups excluding carboxylic acids is 2. The van der Waals surface area contributed by atoms with Gasteiger partial charge in [-0.15, -0.1) is 0 Å². The second kappa shape index (κ2) is 6.66. The standard InChI is InChI=1S/C19H23NO4/c1-18(2,3)24-17(22)20-16(13-23-19(20,4)5)11-10-14-6-8-15(12-21)9-7-14/h6-9,12,16H,13H2,1-5H3/t16-/m1/s1. The lowest BCUT2D eigenvalue weighted by Crippen LogP contribution is -2.49. The number of benzene rings is 1. The van der Waals surface area contributed by atoms with Gasteiger partial charge in [0.25, 0.3) is 0 Å². The molecular formula is C19H23NO4. The van der Waals surface area contributed by atoms with Gasteiger partial charge in [0.1, 0.15) is 23.7 Å². The molecular weight excluding hydrogens is 306 g/mol. The minimum atomic E-state index is -0.775. The fourth-order valence-corrected chi connectivity index (χ4v) is 2.38. The number of carbonyl (C=O) groups is 2. The van der Waals surface area contributed by atoms with Crippen LogP contribution in [0.1, 0.15) is 50.5 Å². The monoisotopic (exact) mass is 329 g/mol. The Balaban J connectivity index is 2.20. The predicted octanol–water partition coefficient (Wildman–Crippen LogP) is 3.22. The lowest BCUT2D eigenvalue weighted by Gasteiger charge is -2.33. The number of hydrogen-bond donors (Lipinski definition) is 0. The molecule has 0 saturated carbocycles. The molecule has 5 nitrogen and oxygen atoms in total. The van der Waals surface area contributed by atoms with Crippen LogP contribution in [0.3, 0.4) is 0 Å². The molecule has 0 bridgehead atoms. The van der Waals surface area contributed by atoms with Crippen molar-refractivity contribution in [3.63, 3.8) is 0 Å². The molecule has 0 N–H and O–H groups in total. The van der Waals surface area contributed by atoms with Crippen molar-refractivity contribution < 1.29 is 19.1 Å². The Morgan fingerprint density at radius 2 is 1.96 bits per heavy atom. The quantitative estimate of drug-likeness (QED) is 0.586. The summed E-state index contributed by atoms with van der Waals surface area (Å²) in [4.78, 5) is 24.7. The summed E-state index contributed by atoms with van der Waals surface area (Å²) in [6, 6.07) is 6.57. The van der Waals surface area contributed by atoms with Crippen molar-refractivity contribution in [2.75, 3.05) is 6.61 Å². The fraction of sp³-hybridized carbons (Fsp3) is 0.474. The van der Waals surface area contributed by atoms with Gasteiger partial charge >= 0.3 is 6.09 Å². The third-order valence-corrected chi connectivity index (χ3v) is 3.51. The Morgan fingerprint density at radius 3 is 2.50 bits per heavy atom. The van der Waals surface area contributed by atoms with E-state index in [0.717, 1.165) is 11.8 Å². The number of nitrogens with zero attached hydrogens (tertiary/aromatic N) is 1. The van der Waals surface area contributed by atoms with Gasteiger partial charge in [-0.2, -0.15) is 0 Å². The van der Waals surface area contributed by atoms with E-state index in [1.54, 1.807) is 24.3 Å². The van der Waals surface area contributed by atoms with Crippen LogP contribution in [-0.4, -0.2) is 41.3 Å². The smallest absolute Gasteiger partial charge is 0.413 e. The number of aldehydes is 1. The highest BCUT2D eigenvalue weighted by atomic mass is 16.6. The third-order valence-electron chi connectivity index (χ3n) is 3.51. The highest BCUT2D eigenvalue weighted by Gasteiger charge is 2.45. The normalized spacial score (nSPS) is 19.4. The van der Waals surface area contributed by atoms with E-state index < -0.39 is 17.4 Å². The summed E-state index contributed by atoms with van der Waals surface area (Å²) in [7, 11) is 0. The summed E-state index contributed by atoms with van der Waals surface area (Å²) in [5.41, 5.74) is 0.0114. The minimum Gasteiger partial charge on any atom is -0.444 e. The summed E-state index contributed by atoms with van der Waals surface area (Å²) in [6.45, 7) is 9.43. The first-order valence-corrected chi connectivity index (χ1v) is 7.85. The zero-order valence-corrected chi connectivity index (χ0v) is 14.8. The molecule has 1 aliphatic heterocycles. The van der Waals surface area contributed by atoms with Crippen LogP contribution in [0.25, 0.3) is 0 Å². The van der Waals surface area contributed by atoms with Gasteiger partial charge in [0.05, 0.1) is 6.61 Å². The second-order valence-corrected chi connectivity index (χ2v) is 7.13. The van der Waals surface area contributed by atoms with Gasteiger partial charge in [-0.25, -0.2) is 4.79 Å². The Kier molecular flexibility index (Phi) is 5.00. The fourth-order valence-electron chi connectivity index (χ4n) is 2.38. The molecule has 1 atom stereocenters. The van der Waals surface area contributed by atoms with Gasteiger partial charge in [-0.3, -0.25) is 9.69 Å². The Hall–Kier alpha value is -2.32. The van der Waals surface area contributed by atoms with E-state index in [-0.39, 0.29) is 6.04 Å². The van der Waals surface area contributed by atoms with Crippen LogP contribution >= 0.6 is 0 Å². The Morgan fingerprint density at radius 1 is 1.33 bits per heavy atom. The molecule has 5 heteroatoms. The average Bonchev–Trinajstić information content (AvgIpc) is 2.78. The molecule has 0 aromatic heterocycles. The van der Waals surface area contributed by atoms with E-state index in [4.69, 9.17) is 9.47 Å². The first kappa shape index (κ1) is 18.0. The maximum Gasteiger partial charge on any atom is 0.413 e. The van der Waals surface area contributed by atoms with Crippen LogP contribution in [0.2, 0.25) is 0 Å². The number of ether oxygens (including phenoxy) is 2. The van der Waals surface area contributed by atoms with E-state index in [9.17, 15) is 9.59 Å². The summed E-state index contributed by atoms with van der Waals surface area (Å²) >= 11 is 0. The first-order chi connectivity index (χ1) is 11.1. The molecule has 24 heavy (non-hydrogen) atoms. The van der Waals surface area contributed by atoms with Gasteiger partial charge < -0.3 is 9.47 Å². The largest absolute Gasteiger partial charge is 0.444 e. The van der Waals surface area contributed by atoms with E-state index >= 15 is 0 Å². The molecule has 1 saturated heterocycles. The van der Waals surface area contributed by atoms with Gasteiger partial charge in [0.15, 0.2) is 0 Å². The van der Waals surface area contributed by atoms with Crippen LogP contribution in [0.4, 0.5) is 4.79 Å². The molecule has 2 rings (SSSR count). The average molecular weight is 329 g/mol. The van der Waals surface area contributed by atoms with Gasteiger partial charge in [0.2, 0.25) is 0 Å². The Bertz CT molecular complexity index is 674.